The number of rotatable bonds is 7. The highest BCUT2D eigenvalue weighted by Crippen LogP contribution is 2.29. The standard InChI is InChI=1S/C16H25NO2S/c1-4-14(17-11(2)16(10-18)20-3)12-5-6-15-13(9-12)7-8-19-15/h5-6,9,11,14,16-18H,4,7-8,10H2,1-3H3. The monoisotopic (exact) mass is 295 g/mol. The van der Waals surface area contributed by atoms with E-state index in [1.807, 2.05) is 6.26 Å². The van der Waals surface area contributed by atoms with Crippen LogP contribution in [0.4, 0.5) is 0 Å². The average Bonchev–Trinajstić information content (AvgIpc) is 2.93. The molecule has 1 aliphatic heterocycles. The Hall–Kier alpha value is -0.710. The molecule has 1 aromatic carbocycles. The zero-order chi connectivity index (χ0) is 14.5. The van der Waals surface area contributed by atoms with Gasteiger partial charge in [0.05, 0.1) is 13.2 Å². The van der Waals surface area contributed by atoms with E-state index in [1.165, 1.54) is 11.1 Å². The normalized spacial score (nSPS) is 18.2. The van der Waals surface area contributed by atoms with E-state index in [-0.39, 0.29) is 17.9 Å². The first kappa shape index (κ1) is 15.7. The van der Waals surface area contributed by atoms with Crippen LogP contribution in [-0.2, 0) is 6.42 Å². The summed E-state index contributed by atoms with van der Waals surface area (Å²) in [5.41, 5.74) is 2.64. The highest BCUT2D eigenvalue weighted by Gasteiger charge is 2.21. The van der Waals surface area contributed by atoms with Gasteiger partial charge in [0.15, 0.2) is 0 Å². The highest BCUT2D eigenvalue weighted by atomic mass is 32.2. The van der Waals surface area contributed by atoms with Gasteiger partial charge >= 0.3 is 0 Å². The fourth-order valence-electron chi connectivity index (χ4n) is 2.73. The van der Waals surface area contributed by atoms with Crippen molar-refractivity contribution in [3.63, 3.8) is 0 Å². The number of nitrogens with one attached hydrogen (secondary N) is 1. The molecule has 0 fully saturated rings. The Labute approximate surface area is 126 Å². The molecule has 1 heterocycles. The molecular formula is C16H25NO2S. The molecule has 20 heavy (non-hydrogen) atoms. The SMILES string of the molecule is CCC(NC(C)C(CO)SC)c1ccc2c(c1)CCO2. The fraction of sp³-hybridized carbons (Fsp3) is 0.625. The van der Waals surface area contributed by atoms with Crippen molar-refractivity contribution in [2.75, 3.05) is 19.5 Å². The minimum Gasteiger partial charge on any atom is -0.493 e. The van der Waals surface area contributed by atoms with E-state index in [4.69, 9.17) is 4.74 Å². The smallest absolute Gasteiger partial charge is 0.122 e. The lowest BCUT2D eigenvalue weighted by Gasteiger charge is -2.27. The van der Waals surface area contributed by atoms with Gasteiger partial charge in [-0.2, -0.15) is 11.8 Å². The summed E-state index contributed by atoms with van der Waals surface area (Å²) in [6.45, 7) is 5.36. The van der Waals surface area contributed by atoms with Crippen LogP contribution in [0.1, 0.15) is 37.4 Å². The van der Waals surface area contributed by atoms with Crippen molar-refractivity contribution in [1.29, 1.82) is 0 Å². The Kier molecular flexibility index (Phi) is 5.75. The van der Waals surface area contributed by atoms with Crippen molar-refractivity contribution in [1.82, 2.24) is 5.32 Å². The van der Waals surface area contributed by atoms with Gasteiger partial charge in [0.25, 0.3) is 0 Å². The zero-order valence-electron chi connectivity index (χ0n) is 12.6. The Bertz CT molecular complexity index is 434. The van der Waals surface area contributed by atoms with Crippen molar-refractivity contribution in [2.24, 2.45) is 0 Å². The van der Waals surface area contributed by atoms with Crippen LogP contribution in [-0.4, -0.2) is 35.9 Å². The van der Waals surface area contributed by atoms with Crippen LogP contribution in [0.3, 0.4) is 0 Å². The maximum atomic E-state index is 9.40. The molecule has 0 aromatic heterocycles. The van der Waals surface area contributed by atoms with Crippen LogP contribution in [0.2, 0.25) is 0 Å². The van der Waals surface area contributed by atoms with Gasteiger partial charge in [-0.3, -0.25) is 0 Å². The van der Waals surface area contributed by atoms with Gasteiger partial charge in [0, 0.05) is 23.8 Å². The lowest BCUT2D eigenvalue weighted by molar-refractivity contribution is 0.269. The van der Waals surface area contributed by atoms with Gasteiger partial charge in [0.2, 0.25) is 0 Å². The molecule has 0 saturated heterocycles. The molecule has 112 valence electrons. The first-order valence-electron chi connectivity index (χ1n) is 7.34. The number of thioether (sulfide) groups is 1. The van der Waals surface area contributed by atoms with Gasteiger partial charge in [-0.1, -0.05) is 19.1 Å². The summed E-state index contributed by atoms with van der Waals surface area (Å²) in [4.78, 5) is 0. The highest BCUT2D eigenvalue weighted by molar-refractivity contribution is 7.99. The molecule has 3 atom stereocenters. The third-order valence-electron chi connectivity index (χ3n) is 4.03. The molecule has 0 saturated carbocycles. The van der Waals surface area contributed by atoms with Gasteiger partial charge in [-0.15, -0.1) is 0 Å². The topological polar surface area (TPSA) is 41.5 Å². The van der Waals surface area contributed by atoms with Crippen LogP contribution in [0.15, 0.2) is 18.2 Å². The fourth-order valence-corrected chi connectivity index (χ4v) is 3.37. The molecule has 1 aliphatic rings. The molecule has 0 amide bonds. The number of ether oxygens (including phenoxy) is 1. The van der Waals surface area contributed by atoms with E-state index in [1.54, 1.807) is 11.8 Å². The van der Waals surface area contributed by atoms with Gasteiger partial charge in [0.1, 0.15) is 5.75 Å². The predicted octanol–water partition coefficient (Wildman–Crippen LogP) is 2.77. The lowest BCUT2D eigenvalue weighted by atomic mass is 9.99. The molecule has 0 bridgehead atoms. The van der Waals surface area contributed by atoms with Crippen LogP contribution in [0.5, 0.6) is 5.75 Å². The van der Waals surface area contributed by atoms with E-state index in [0.29, 0.717) is 6.04 Å². The van der Waals surface area contributed by atoms with Crippen LogP contribution < -0.4 is 10.1 Å². The minimum atomic E-state index is 0.212. The zero-order valence-corrected chi connectivity index (χ0v) is 13.4. The van der Waals surface area contributed by atoms with Gasteiger partial charge in [-0.05, 0) is 36.8 Å². The number of aliphatic hydroxyl groups is 1. The molecule has 2 rings (SSSR count). The van der Waals surface area contributed by atoms with E-state index in [0.717, 1.165) is 25.2 Å². The number of hydrogen-bond acceptors (Lipinski definition) is 4. The average molecular weight is 295 g/mol. The second-order valence-corrected chi connectivity index (χ2v) is 6.42. The molecule has 4 heteroatoms. The molecular weight excluding hydrogens is 270 g/mol. The number of benzene rings is 1. The summed E-state index contributed by atoms with van der Waals surface area (Å²) in [6, 6.07) is 7.13. The summed E-state index contributed by atoms with van der Waals surface area (Å²) in [7, 11) is 0. The molecule has 3 nitrogen and oxygen atoms in total. The number of aliphatic hydroxyl groups excluding tert-OH is 1. The molecule has 3 unspecified atom stereocenters. The molecule has 2 N–H and O–H groups in total. The van der Waals surface area contributed by atoms with E-state index >= 15 is 0 Å². The Balaban J connectivity index is 2.08. The third kappa shape index (κ3) is 3.48. The summed E-state index contributed by atoms with van der Waals surface area (Å²) in [5, 5.41) is 13.3. The number of hydrogen-bond donors (Lipinski definition) is 2. The summed E-state index contributed by atoms with van der Waals surface area (Å²) < 4.78 is 5.56. The van der Waals surface area contributed by atoms with Gasteiger partial charge in [-0.25, -0.2) is 0 Å². The quantitative estimate of drug-likeness (QED) is 0.811. The third-order valence-corrected chi connectivity index (χ3v) is 5.19. The van der Waals surface area contributed by atoms with Crippen LogP contribution in [0.25, 0.3) is 0 Å². The summed E-state index contributed by atoms with van der Waals surface area (Å²) in [6.07, 6.45) is 4.10. The molecule has 1 aromatic rings. The Morgan fingerprint density at radius 1 is 1.45 bits per heavy atom. The molecule has 0 radical (unpaired) electrons. The maximum absolute atomic E-state index is 9.40. The minimum absolute atomic E-state index is 0.212. The first-order valence-corrected chi connectivity index (χ1v) is 8.63. The number of fused-ring (bicyclic) bond motifs is 1. The maximum Gasteiger partial charge on any atom is 0.122 e. The molecule has 0 aliphatic carbocycles. The largest absolute Gasteiger partial charge is 0.493 e. The first-order chi connectivity index (χ1) is 9.69. The van der Waals surface area contributed by atoms with Crippen molar-refractivity contribution < 1.29 is 9.84 Å². The Morgan fingerprint density at radius 2 is 2.25 bits per heavy atom. The van der Waals surface area contributed by atoms with Crippen molar-refractivity contribution in [2.45, 2.75) is 44.0 Å². The van der Waals surface area contributed by atoms with Crippen LogP contribution >= 0.6 is 11.8 Å². The van der Waals surface area contributed by atoms with Gasteiger partial charge < -0.3 is 15.2 Å². The lowest BCUT2D eigenvalue weighted by Crippen LogP contribution is -2.39. The molecule has 0 spiro atoms. The van der Waals surface area contributed by atoms with Crippen molar-refractivity contribution in [3.05, 3.63) is 29.3 Å². The van der Waals surface area contributed by atoms with E-state index in [2.05, 4.69) is 37.4 Å². The second-order valence-electron chi connectivity index (χ2n) is 5.34. The predicted molar refractivity (Wildman–Crippen MR) is 85.7 cm³/mol. The summed E-state index contributed by atoms with van der Waals surface area (Å²) in [5.74, 6) is 1.04. The Morgan fingerprint density at radius 3 is 2.90 bits per heavy atom. The van der Waals surface area contributed by atoms with E-state index in [9.17, 15) is 5.11 Å². The second kappa shape index (κ2) is 7.34. The van der Waals surface area contributed by atoms with Crippen molar-refractivity contribution in [3.8, 4) is 5.75 Å². The summed E-state index contributed by atoms with van der Waals surface area (Å²) >= 11 is 1.71. The van der Waals surface area contributed by atoms with E-state index < -0.39 is 0 Å². The van der Waals surface area contributed by atoms with Crippen LogP contribution in [0, 0.1) is 0 Å². The van der Waals surface area contributed by atoms with Crippen molar-refractivity contribution >= 4 is 11.8 Å².